The molecule has 0 aromatic carbocycles. The van der Waals surface area contributed by atoms with Crippen LogP contribution in [0.2, 0.25) is 0 Å². The van der Waals surface area contributed by atoms with E-state index in [0.717, 1.165) is 42.0 Å². The number of aryl methyl sites for hydroxylation is 1. The molecular formula is C19H21F3N4O2S2. The largest absolute Gasteiger partial charge is 0.462 e. The van der Waals surface area contributed by atoms with Crippen molar-refractivity contribution in [3.8, 4) is 6.07 Å². The Morgan fingerprint density at radius 3 is 2.70 bits per heavy atom. The number of alkyl halides is 3. The maximum Gasteiger partial charge on any atom is 0.433 e. The van der Waals surface area contributed by atoms with Gasteiger partial charge in [0.2, 0.25) is 0 Å². The van der Waals surface area contributed by atoms with E-state index >= 15 is 0 Å². The summed E-state index contributed by atoms with van der Waals surface area (Å²) in [5, 5.41) is 13.0. The van der Waals surface area contributed by atoms with Crippen LogP contribution in [-0.4, -0.2) is 29.1 Å². The zero-order valence-corrected chi connectivity index (χ0v) is 18.4. The molecular weight excluding hydrogens is 437 g/mol. The van der Waals surface area contributed by atoms with Gasteiger partial charge in [0.15, 0.2) is 5.13 Å². The van der Waals surface area contributed by atoms with Gasteiger partial charge >= 0.3 is 12.1 Å². The second-order valence-electron chi connectivity index (χ2n) is 6.20. The Kier molecular flexibility index (Phi) is 8.49. The summed E-state index contributed by atoms with van der Waals surface area (Å²) in [6, 6.07) is 2.76. The molecule has 2 aromatic rings. The highest BCUT2D eigenvalue weighted by Crippen LogP contribution is 2.35. The summed E-state index contributed by atoms with van der Waals surface area (Å²) in [5.41, 5.74) is -0.425. The maximum atomic E-state index is 13.1. The van der Waals surface area contributed by atoms with Crippen molar-refractivity contribution in [3.05, 3.63) is 33.5 Å². The average molecular weight is 459 g/mol. The summed E-state index contributed by atoms with van der Waals surface area (Å²) in [7, 11) is 0. The van der Waals surface area contributed by atoms with Crippen LogP contribution in [0.1, 0.15) is 58.9 Å². The standard InChI is InChI=1S/C19H21F3N4O2S2/c1-4-6-7-24-18-25-13(15(30-18)17(27)28-5-2)10-29-16-12(9-23)11(3)8-14(26-16)19(20,21)22/h8H,4-7,10H2,1-3H3,(H,24,25). The third-order valence-electron chi connectivity index (χ3n) is 3.90. The number of esters is 1. The SMILES string of the molecule is CCCCNc1nc(CSc2nc(C(F)(F)F)cc(C)c2C#N)c(C(=O)OCC)s1. The molecule has 1 N–H and O–H groups in total. The summed E-state index contributed by atoms with van der Waals surface area (Å²) >= 11 is 2.07. The fourth-order valence-corrected chi connectivity index (χ4v) is 4.41. The highest BCUT2D eigenvalue weighted by atomic mass is 32.2. The van der Waals surface area contributed by atoms with Crippen molar-refractivity contribution < 1.29 is 22.7 Å². The predicted octanol–water partition coefficient (Wildman–Crippen LogP) is 5.42. The molecule has 0 radical (unpaired) electrons. The lowest BCUT2D eigenvalue weighted by Gasteiger charge is -2.11. The molecule has 11 heteroatoms. The minimum Gasteiger partial charge on any atom is -0.462 e. The smallest absolute Gasteiger partial charge is 0.433 e. The monoisotopic (exact) mass is 458 g/mol. The van der Waals surface area contributed by atoms with Gasteiger partial charge in [-0.05, 0) is 31.9 Å². The minimum atomic E-state index is -4.62. The molecule has 0 aliphatic carbocycles. The van der Waals surface area contributed by atoms with E-state index in [1.165, 1.54) is 6.92 Å². The van der Waals surface area contributed by atoms with E-state index < -0.39 is 17.8 Å². The van der Waals surface area contributed by atoms with Crippen LogP contribution in [0.15, 0.2) is 11.1 Å². The molecule has 162 valence electrons. The molecule has 0 saturated heterocycles. The Morgan fingerprint density at radius 2 is 2.10 bits per heavy atom. The molecule has 2 heterocycles. The Labute approximate surface area is 180 Å². The maximum absolute atomic E-state index is 13.1. The molecule has 6 nitrogen and oxygen atoms in total. The number of thioether (sulfide) groups is 1. The lowest BCUT2D eigenvalue weighted by atomic mass is 10.1. The Hall–Kier alpha value is -2.32. The lowest BCUT2D eigenvalue weighted by Crippen LogP contribution is -2.10. The highest BCUT2D eigenvalue weighted by molar-refractivity contribution is 7.98. The first-order chi connectivity index (χ1) is 14.2. The third kappa shape index (κ3) is 6.09. The van der Waals surface area contributed by atoms with Gasteiger partial charge in [-0.25, -0.2) is 14.8 Å². The van der Waals surface area contributed by atoms with Gasteiger partial charge in [0.1, 0.15) is 21.7 Å². The number of anilines is 1. The number of rotatable bonds is 9. The van der Waals surface area contributed by atoms with Gasteiger partial charge in [-0.2, -0.15) is 18.4 Å². The molecule has 0 aliphatic heterocycles. The van der Waals surface area contributed by atoms with Crippen molar-refractivity contribution in [2.75, 3.05) is 18.5 Å². The summed E-state index contributed by atoms with van der Waals surface area (Å²) in [5.74, 6) is -0.467. The number of ether oxygens (including phenoxy) is 1. The number of nitrogens with one attached hydrogen (secondary N) is 1. The Morgan fingerprint density at radius 1 is 1.37 bits per heavy atom. The number of halogens is 3. The zero-order chi connectivity index (χ0) is 22.3. The van der Waals surface area contributed by atoms with Gasteiger partial charge < -0.3 is 10.1 Å². The van der Waals surface area contributed by atoms with Gasteiger partial charge in [0, 0.05) is 12.3 Å². The van der Waals surface area contributed by atoms with Crippen LogP contribution < -0.4 is 5.32 Å². The molecule has 0 unspecified atom stereocenters. The van der Waals surface area contributed by atoms with Gasteiger partial charge in [-0.3, -0.25) is 0 Å². The number of thiazole rings is 1. The number of unbranched alkanes of at least 4 members (excludes halogenated alkanes) is 1. The van der Waals surface area contributed by atoms with Crippen molar-refractivity contribution in [2.24, 2.45) is 0 Å². The van der Waals surface area contributed by atoms with Crippen LogP contribution in [-0.2, 0) is 16.7 Å². The van der Waals surface area contributed by atoms with Crippen LogP contribution >= 0.6 is 23.1 Å². The first-order valence-corrected chi connectivity index (χ1v) is 11.0. The number of hydrogen-bond acceptors (Lipinski definition) is 8. The van der Waals surface area contributed by atoms with E-state index in [2.05, 4.69) is 15.3 Å². The van der Waals surface area contributed by atoms with E-state index in [9.17, 15) is 23.2 Å². The van der Waals surface area contributed by atoms with Crippen LogP contribution in [0, 0.1) is 18.3 Å². The van der Waals surface area contributed by atoms with E-state index in [-0.39, 0.29) is 33.4 Å². The first-order valence-electron chi connectivity index (χ1n) is 9.23. The van der Waals surface area contributed by atoms with Gasteiger partial charge in [-0.1, -0.05) is 36.4 Å². The quantitative estimate of drug-likeness (QED) is 0.305. The fraction of sp³-hybridized carbons (Fsp3) is 0.474. The van der Waals surface area contributed by atoms with Crippen molar-refractivity contribution in [1.29, 1.82) is 5.26 Å². The molecule has 0 aliphatic rings. The summed E-state index contributed by atoms with van der Waals surface area (Å²) in [6.07, 6.45) is -2.71. The van der Waals surface area contributed by atoms with Gasteiger partial charge in [0.25, 0.3) is 0 Å². The van der Waals surface area contributed by atoms with E-state index in [1.54, 1.807) is 6.92 Å². The number of carbonyl (C=O) groups is 1. The molecule has 0 fully saturated rings. The number of aromatic nitrogens is 2. The Bertz CT molecular complexity index is 939. The molecule has 0 bridgehead atoms. The van der Waals surface area contributed by atoms with E-state index in [4.69, 9.17) is 4.74 Å². The van der Waals surface area contributed by atoms with Crippen LogP contribution in [0.5, 0.6) is 0 Å². The third-order valence-corrected chi connectivity index (χ3v) is 5.92. The average Bonchev–Trinajstić information content (AvgIpc) is 3.09. The summed E-state index contributed by atoms with van der Waals surface area (Å²) in [6.45, 7) is 6.04. The second kappa shape index (κ2) is 10.6. The first kappa shape index (κ1) is 24.0. The highest BCUT2D eigenvalue weighted by Gasteiger charge is 2.34. The zero-order valence-electron chi connectivity index (χ0n) is 16.7. The summed E-state index contributed by atoms with van der Waals surface area (Å²) in [4.78, 5) is 20.6. The number of hydrogen-bond donors (Lipinski definition) is 1. The normalized spacial score (nSPS) is 11.2. The second-order valence-corrected chi connectivity index (χ2v) is 8.16. The number of carbonyl (C=O) groups excluding carboxylic acids is 1. The Balaban J connectivity index is 2.32. The van der Waals surface area contributed by atoms with Gasteiger partial charge in [-0.15, -0.1) is 0 Å². The molecule has 0 amide bonds. The van der Waals surface area contributed by atoms with Crippen LogP contribution in [0.4, 0.5) is 18.3 Å². The van der Waals surface area contributed by atoms with E-state index in [1.807, 2.05) is 13.0 Å². The van der Waals surface area contributed by atoms with Crippen molar-refractivity contribution in [3.63, 3.8) is 0 Å². The molecule has 0 saturated carbocycles. The molecule has 2 rings (SSSR count). The lowest BCUT2D eigenvalue weighted by molar-refractivity contribution is -0.141. The van der Waals surface area contributed by atoms with Crippen molar-refractivity contribution in [1.82, 2.24) is 9.97 Å². The number of nitriles is 1. The predicted molar refractivity (Wildman–Crippen MR) is 110 cm³/mol. The molecule has 0 atom stereocenters. The summed E-state index contributed by atoms with van der Waals surface area (Å²) < 4.78 is 44.4. The number of nitrogens with zero attached hydrogens (tertiary/aromatic N) is 3. The molecule has 2 aromatic heterocycles. The molecule has 30 heavy (non-hydrogen) atoms. The van der Waals surface area contributed by atoms with Crippen molar-refractivity contribution in [2.45, 2.75) is 50.6 Å². The minimum absolute atomic E-state index is 0.0480. The number of pyridine rings is 1. The molecule has 0 spiro atoms. The van der Waals surface area contributed by atoms with E-state index in [0.29, 0.717) is 17.4 Å². The topological polar surface area (TPSA) is 87.9 Å². The van der Waals surface area contributed by atoms with Crippen LogP contribution in [0.3, 0.4) is 0 Å². The van der Waals surface area contributed by atoms with Crippen LogP contribution in [0.25, 0.3) is 0 Å². The van der Waals surface area contributed by atoms with Gasteiger partial charge in [0.05, 0.1) is 17.9 Å². The van der Waals surface area contributed by atoms with Crippen molar-refractivity contribution >= 4 is 34.2 Å². The fourth-order valence-electron chi connectivity index (χ4n) is 2.42.